The summed E-state index contributed by atoms with van der Waals surface area (Å²) < 4.78 is 5.04. The maximum absolute atomic E-state index is 5.04. The maximum Gasteiger partial charge on any atom is 0.0868 e. The fourth-order valence-corrected chi connectivity index (χ4v) is 0.645. The Kier molecular flexibility index (Phi) is 1.33. The van der Waals surface area contributed by atoms with Gasteiger partial charge < -0.3 is 4.74 Å². The van der Waals surface area contributed by atoms with Crippen LogP contribution in [-0.4, -0.2) is 6.61 Å². The summed E-state index contributed by atoms with van der Waals surface area (Å²) in [6.45, 7) is 7.22. The van der Waals surface area contributed by atoms with Gasteiger partial charge in [0.1, 0.15) is 0 Å². The smallest absolute Gasteiger partial charge is 0.0868 e. The number of hydrogen-bond donors (Lipinski definition) is 0. The van der Waals surface area contributed by atoms with Crippen molar-refractivity contribution in [1.82, 2.24) is 0 Å². The molecule has 1 aliphatic heterocycles. The van der Waals surface area contributed by atoms with Crippen molar-refractivity contribution in [1.29, 1.82) is 0 Å². The van der Waals surface area contributed by atoms with Gasteiger partial charge in [-0.15, -0.1) is 0 Å². The summed E-state index contributed by atoms with van der Waals surface area (Å²) in [5.41, 5.74) is 0. The lowest BCUT2D eigenvalue weighted by Gasteiger charge is -2.01. The molecule has 0 aromatic carbocycles. The first-order chi connectivity index (χ1) is 3.30. The van der Waals surface area contributed by atoms with Crippen molar-refractivity contribution >= 4 is 0 Å². The summed E-state index contributed by atoms with van der Waals surface area (Å²) in [5.74, 6) is 1.40. The Balaban J connectivity index is 2.33. The summed E-state index contributed by atoms with van der Waals surface area (Å²) in [6.07, 6.45) is 0. The van der Waals surface area contributed by atoms with E-state index in [9.17, 15) is 0 Å². The molecule has 1 heteroatoms. The highest BCUT2D eigenvalue weighted by atomic mass is 16.5. The Morgan fingerprint density at radius 3 is 2.43 bits per heavy atom. The maximum atomic E-state index is 5.04. The van der Waals surface area contributed by atoms with Gasteiger partial charge in [0.25, 0.3) is 0 Å². The van der Waals surface area contributed by atoms with Gasteiger partial charge >= 0.3 is 0 Å². The van der Waals surface area contributed by atoms with Gasteiger partial charge in [-0.2, -0.15) is 0 Å². The third-order valence-electron chi connectivity index (χ3n) is 1.57. The van der Waals surface area contributed by atoms with Crippen LogP contribution in [0.1, 0.15) is 13.8 Å². The SMILES string of the molecule is CC1[CH]OCC1C. The van der Waals surface area contributed by atoms with E-state index >= 15 is 0 Å². The van der Waals surface area contributed by atoms with Crippen molar-refractivity contribution in [3.8, 4) is 0 Å². The molecular formula is C6H11O. The highest BCUT2D eigenvalue weighted by Crippen LogP contribution is 2.21. The van der Waals surface area contributed by atoms with E-state index in [0.29, 0.717) is 5.92 Å². The van der Waals surface area contributed by atoms with Crippen molar-refractivity contribution < 1.29 is 4.74 Å². The Morgan fingerprint density at radius 2 is 2.29 bits per heavy atom. The topological polar surface area (TPSA) is 9.23 Å². The zero-order valence-corrected chi connectivity index (χ0v) is 4.85. The highest BCUT2D eigenvalue weighted by molar-refractivity contribution is 4.75. The van der Waals surface area contributed by atoms with E-state index in [1.165, 1.54) is 0 Å². The summed E-state index contributed by atoms with van der Waals surface area (Å²) in [6, 6.07) is 0. The molecule has 0 bridgehead atoms. The second kappa shape index (κ2) is 1.83. The molecule has 1 saturated heterocycles. The van der Waals surface area contributed by atoms with Crippen LogP contribution in [0.5, 0.6) is 0 Å². The molecule has 1 aliphatic rings. The second-order valence-electron chi connectivity index (χ2n) is 2.31. The van der Waals surface area contributed by atoms with Crippen LogP contribution in [0.2, 0.25) is 0 Å². The molecule has 2 atom stereocenters. The first-order valence-corrected chi connectivity index (χ1v) is 2.75. The average Bonchev–Trinajstić information content (AvgIpc) is 1.91. The van der Waals surface area contributed by atoms with Crippen LogP contribution >= 0.6 is 0 Å². The second-order valence-corrected chi connectivity index (χ2v) is 2.31. The Bertz CT molecular complexity index is 53.2. The van der Waals surface area contributed by atoms with Gasteiger partial charge in [0.15, 0.2) is 0 Å². The first kappa shape index (κ1) is 5.10. The average molecular weight is 99.2 g/mol. The zero-order valence-electron chi connectivity index (χ0n) is 4.85. The minimum absolute atomic E-state index is 0.667. The van der Waals surface area contributed by atoms with Gasteiger partial charge in [0, 0.05) is 6.61 Å². The van der Waals surface area contributed by atoms with Crippen LogP contribution in [0.3, 0.4) is 0 Å². The third-order valence-corrected chi connectivity index (χ3v) is 1.57. The molecule has 1 fully saturated rings. The Morgan fingerprint density at radius 1 is 1.57 bits per heavy atom. The number of ether oxygens (including phenoxy) is 1. The van der Waals surface area contributed by atoms with E-state index < -0.39 is 0 Å². The lowest BCUT2D eigenvalue weighted by molar-refractivity contribution is 0.237. The van der Waals surface area contributed by atoms with E-state index in [1.807, 2.05) is 6.61 Å². The van der Waals surface area contributed by atoms with Crippen LogP contribution < -0.4 is 0 Å². The Hall–Kier alpha value is -0.0400. The molecule has 0 aromatic rings. The van der Waals surface area contributed by atoms with Gasteiger partial charge in [-0.25, -0.2) is 0 Å². The Labute approximate surface area is 44.7 Å². The van der Waals surface area contributed by atoms with Crippen molar-refractivity contribution in [2.45, 2.75) is 13.8 Å². The zero-order chi connectivity index (χ0) is 5.28. The quantitative estimate of drug-likeness (QED) is 0.446. The molecule has 1 heterocycles. The lowest BCUT2D eigenvalue weighted by Crippen LogP contribution is -1.99. The van der Waals surface area contributed by atoms with Crippen molar-refractivity contribution in [2.24, 2.45) is 11.8 Å². The van der Waals surface area contributed by atoms with Gasteiger partial charge in [-0.1, -0.05) is 13.8 Å². The number of hydrogen-bond acceptors (Lipinski definition) is 1. The summed E-state index contributed by atoms with van der Waals surface area (Å²) >= 11 is 0. The molecule has 0 saturated carbocycles. The van der Waals surface area contributed by atoms with Crippen molar-refractivity contribution in [2.75, 3.05) is 6.61 Å². The predicted octanol–water partition coefficient (Wildman–Crippen LogP) is 1.45. The normalized spacial score (nSPS) is 42.0. The lowest BCUT2D eigenvalue weighted by atomic mass is 10.0. The molecule has 2 unspecified atom stereocenters. The molecule has 0 amide bonds. The van der Waals surface area contributed by atoms with E-state index in [0.717, 1.165) is 12.5 Å². The molecule has 1 radical (unpaired) electrons. The molecule has 41 valence electrons. The summed E-state index contributed by atoms with van der Waals surface area (Å²) in [4.78, 5) is 0. The van der Waals surface area contributed by atoms with Crippen LogP contribution in [0, 0.1) is 18.4 Å². The third kappa shape index (κ3) is 0.942. The monoisotopic (exact) mass is 99.1 g/mol. The van der Waals surface area contributed by atoms with E-state index in [2.05, 4.69) is 13.8 Å². The van der Waals surface area contributed by atoms with Gasteiger partial charge in [0.2, 0.25) is 0 Å². The highest BCUT2D eigenvalue weighted by Gasteiger charge is 2.19. The van der Waals surface area contributed by atoms with Gasteiger partial charge in [-0.3, -0.25) is 0 Å². The molecule has 7 heavy (non-hydrogen) atoms. The molecule has 1 rings (SSSR count). The first-order valence-electron chi connectivity index (χ1n) is 2.75. The van der Waals surface area contributed by atoms with Crippen LogP contribution in [0.15, 0.2) is 0 Å². The number of rotatable bonds is 0. The molecule has 0 spiro atoms. The fraction of sp³-hybridized carbons (Fsp3) is 0.833. The molecule has 1 nitrogen and oxygen atoms in total. The van der Waals surface area contributed by atoms with Crippen molar-refractivity contribution in [3.63, 3.8) is 0 Å². The van der Waals surface area contributed by atoms with E-state index in [-0.39, 0.29) is 0 Å². The van der Waals surface area contributed by atoms with Crippen LogP contribution in [0.25, 0.3) is 0 Å². The minimum Gasteiger partial charge on any atom is -0.375 e. The molecule has 0 aromatic heterocycles. The van der Waals surface area contributed by atoms with E-state index in [4.69, 9.17) is 4.74 Å². The molecular weight excluding hydrogens is 88.1 g/mol. The van der Waals surface area contributed by atoms with E-state index in [1.54, 1.807) is 0 Å². The van der Waals surface area contributed by atoms with Gasteiger partial charge in [-0.05, 0) is 11.8 Å². The van der Waals surface area contributed by atoms with Crippen LogP contribution in [0.4, 0.5) is 0 Å². The largest absolute Gasteiger partial charge is 0.375 e. The fourth-order valence-electron chi connectivity index (χ4n) is 0.645. The van der Waals surface area contributed by atoms with Gasteiger partial charge in [0.05, 0.1) is 6.61 Å². The standard InChI is InChI=1S/C6H11O/c1-5-3-7-4-6(5)2/h3,5-6H,4H2,1-2H3. The van der Waals surface area contributed by atoms with Crippen molar-refractivity contribution in [3.05, 3.63) is 6.61 Å². The summed E-state index contributed by atoms with van der Waals surface area (Å²) in [7, 11) is 0. The molecule has 0 aliphatic carbocycles. The van der Waals surface area contributed by atoms with Crippen LogP contribution in [-0.2, 0) is 4.74 Å². The molecule has 0 N–H and O–H groups in total. The summed E-state index contributed by atoms with van der Waals surface area (Å²) in [5, 5.41) is 0. The minimum atomic E-state index is 0.667. The predicted molar refractivity (Wildman–Crippen MR) is 28.6 cm³/mol.